The molecular weight excluding hydrogens is 353 g/mol. The zero-order chi connectivity index (χ0) is 18.9. The first-order valence-corrected chi connectivity index (χ1v) is 9.14. The van der Waals surface area contributed by atoms with Crippen molar-refractivity contribution in [3.8, 4) is 0 Å². The van der Waals surface area contributed by atoms with Crippen LogP contribution in [0.5, 0.6) is 0 Å². The zero-order valence-corrected chi connectivity index (χ0v) is 16.0. The summed E-state index contributed by atoms with van der Waals surface area (Å²) < 4.78 is 19.9. The fourth-order valence-electron chi connectivity index (χ4n) is 3.31. The number of benzene rings is 2. The van der Waals surface area contributed by atoms with E-state index >= 15 is 0 Å². The standard InChI is InChI=1S/C21H23ClFNO2/c1-21(2,3)26-20(25)24-11-10-14-6-4-5-7-17(14)19(24)12-15-8-9-16(22)13-18(15)23/h4-9,13,19H,10-12H2,1-3H3. The lowest BCUT2D eigenvalue weighted by Gasteiger charge is -2.38. The second-order valence-corrected chi connectivity index (χ2v) is 8.01. The number of fused-ring (bicyclic) bond motifs is 1. The molecule has 1 aliphatic heterocycles. The van der Waals surface area contributed by atoms with Gasteiger partial charge in [-0.15, -0.1) is 0 Å². The van der Waals surface area contributed by atoms with Crippen LogP contribution in [0, 0.1) is 5.82 Å². The van der Waals surface area contributed by atoms with Crippen molar-refractivity contribution < 1.29 is 13.9 Å². The van der Waals surface area contributed by atoms with E-state index in [2.05, 4.69) is 6.07 Å². The molecule has 1 heterocycles. The Morgan fingerprint density at radius 3 is 2.69 bits per heavy atom. The first-order valence-electron chi connectivity index (χ1n) is 8.76. The minimum Gasteiger partial charge on any atom is -0.444 e. The number of amides is 1. The Hall–Kier alpha value is -2.07. The van der Waals surface area contributed by atoms with Gasteiger partial charge in [0.1, 0.15) is 11.4 Å². The van der Waals surface area contributed by atoms with Crippen molar-refractivity contribution in [2.24, 2.45) is 0 Å². The molecule has 0 saturated heterocycles. The maximum atomic E-state index is 14.4. The molecule has 0 radical (unpaired) electrons. The van der Waals surface area contributed by atoms with E-state index in [1.807, 2.05) is 39.0 Å². The lowest BCUT2D eigenvalue weighted by Crippen LogP contribution is -2.43. The molecule has 2 aromatic rings. The number of halogens is 2. The Morgan fingerprint density at radius 2 is 2.00 bits per heavy atom. The van der Waals surface area contributed by atoms with E-state index in [0.29, 0.717) is 23.6 Å². The molecule has 1 aliphatic rings. The topological polar surface area (TPSA) is 29.5 Å². The number of hydrogen-bond donors (Lipinski definition) is 0. The molecule has 1 unspecified atom stereocenters. The average Bonchev–Trinajstić information content (AvgIpc) is 2.55. The van der Waals surface area contributed by atoms with Crippen LogP contribution >= 0.6 is 11.6 Å². The van der Waals surface area contributed by atoms with Crippen molar-refractivity contribution in [3.05, 3.63) is 70.0 Å². The van der Waals surface area contributed by atoms with E-state index in [1.54, 1.807) is 17.0 Å². The highest BCUT2D eigenvalue weighted by molar-refractivity contribution is 6.30. The van der Waals surface area contributed by atoms with E-state index in [-0.39, 0.29) is 18.0 Å². The molecule has 0 aliphatic carbocycles. The van der Waals surface area contributed by atoms with Gasteiger partial charge in [0.25, 0.3) is 0 Å². The van der Waals surface area contributed by atoms with E-state index < -0.39 is 5.60 Å². The number of nitrogens with zero attached hydrogens (tertiary/aromatic N) is 1. The first kappa shape index (κ1) is 18.7. The highest BCUT2D eigenvalue weighted by Gasteiger charge is 2.34. The van der Waals surface area contributed by atoms with Crippen molar-refractivity contribution >= 4 is 17.7 Å². The maximum Gasteiger partial charge on any atom is 0.410 e. The van der Waals surface area contributed by atoms with Gasteiger partial charge in [-0.25, -0.2) is 9.18 Å². The number of hydrogen-bond acceptors (Lipinski definition) is 2. The summed E-state index contributed by atoms with van der Waals surface area (Å²) in [5, 5.41) is 0.360. The molecule has 0 N–H and O–H groups in total. The second-order valence-electron chi connectivity index (χ2n) is 7.58. The van der Waals surface area contributed by atoms with Crippen LogP contribution in [-0.4, -0.2) is 23.1 Å². The molecule has 2 aromatic carbocycles. The number of carbonyl (C=O) groups excluding carboxylic acids is 1. The average molecular weight is 376 g/mol. The quantitative estimate of drug-likeness (QED) is 0.688. The largest absolute Gasteiger partial charge is 0.444 e. The van der Waals surface area contributed by atoms with Crippen LogP contribution in [0.2, 0.25) is 5.02 Å². The summed E-state index contributed by atoms with van der Waals surface area (Å²) in [6.07, 6.45) is 0.764. The van der Waals surface area contributed by atoms with Gasteiger partial charge in [0, 0.05) is 18.0 Å². The van der Waals surface area contributed by atoms with Crippen molar-refractivity contribution in [1.82, 2.24) is 4.90 Å². The third-order valence-corrected chi connectivity index (χ3v) is 4.70. The molecule has 3 rings (SSSR count). The van der Waals surface area contributed by atoms with Crippen molar-refractivity contribution in [2.75, 3.05) is 6.54 Å². The van der Waals surface area contributed by atoms with Crippen LogP contribution in [0.4, 0.5) is 9.18 Å². The molecule has 0 fully saturated rings. The van der Waals surface area contributed by atoms with Crippen LogP contribution in [0.15, 0.2) is 42.5 Å². The highest BCUT2D eigenvalue weighted by Crippen LogP contribution is 2.34. The Kier molecular flexibility index (Phi) is 5.24. The minimum absolute atomic E-state index is 0.273. The van der Waals surface area contributed by atoms with Crippen molar-refractivity contribution in [1.29, 1.82) is 0 Å². The van der Waals surface area contributed by atoms with Gasteiger partial charge in [-0.05, 0) is 56.0 Å². The van der Waals surface area contributed by atoms with Gasteiger partial charge in [0.15, 0.2) is 0 Å². The molecule has 1 amide bonds. The van der Waals surface area contributed by atoms with Crippen LogP contribution in [-0.2, 0) is 17.6 Å². The predicted molar refractivity (Wildman–Crippen MR) is 101 cm³/mol. The number of ether oxygens (including phenoxy) is 1. The monoisotopic (exact) mass is 375 g/mol. The van der Waals surface area contributed by atoms with Gasteiger partial charge in [-0.3, -0.25) is 0 Å². The van der Waals surface area contributed by atoms with Crippen LogP contribution in [0.25, 0.3) is 0 Å². The van der Waals surface area contributed by atoms with Crippen LogP contribution in [0.1, 0.15) is 43.5 Å². The van der Waals surface area contributed by atoms with E-state index in [9.17, 15) is 9.18 Å². The Balaban J connectivity index is 1.95. The first-order chi connectivity index (χ1) is 12.2. The maximum absolute atomic E-state index is 14.4. The van der Waals surface area contributed by atoms with Gasteiger partial charge in [-0.1, -0.05) is 41.9 Å². The molecule has 0 spiro atoms. The third kappa shape index (κ3) is 4.18. The molecule has 1 atom stereocenters. The smallest absolute Gasteiger partial charge is 0.410 e. The normalized spacial score (nSPS) is 17.0. The molecule has 0 saturated carbocycles. The third-order valence-electron chi connectivity index (χ3n) is 4.47. The summed E-state index contributed by atoms with van der Waals surface area (Å²) >= 11 is 5.87. The summed E-state index contributed by atoms with van der Waals surface area (Å²) in [4.78, 5) is 14.5. The second kappa shape index (κ2) is 7.28. The molecular formula is C21H23ClFNO2. The summed E-state index contributed by atoms with van der Waals surface area (Å²) in [5.74, 6) is -0.357. The fraction of sp³-hybridized carbons (Fsp3) is 0.381. The van der Waals surface area contributed by atoms with Crippen molar-refractivity contribution in [3.63, 3.8) is 0 Å². The van der Waals surface area contributed by atoms with Gasteiger partial charge in [-0.2, -0.15) is 0 Å². The zero-order valence-electron chi connectivity index (χ0n) is 15.3. The van der Waals surface area contributed by atoms with E-state index in [0.717, 1.165) is 12.0 Å². The summed E-state index contributed by atoms with van der Waals surface area (Å²) in [5.41, 5.74) is 2.18. The van der Waals surface area contributed by atoms with Crippen molar-refractivity contribution in [2.45, 2.75) is 45.3 Å². The minimum atomic E-state index is -0.579. The summed E-state index contributed by atoms with van der Waals surface area (Å²) in [6, 6.07) is 12.4. The Bertz CT molecular complexity index is 816. The summed E-state index contributed by atoms with van der Waals surface area (Å²) in [6.45, 7) is 6.08. The summed E-state index contributed by atoms with van der Waals surface area (Å²) in [7, 11) is 0. The highest BCUT2D eigenvalue weighted by atomic mass is 35.5. The van der Waals surface area contributed by atoms with Crippen LogP contribution in [0.3, 0.4) is 0 Å². The predicted octanol–water partition coefficient (Wildman–Crippen LogP) is 5.56. The van der Waals surface area contributed by atoms with E-state index in [1.165, 1.54) is 11.6 Å². The van der Waals surface area contributed by atoms with Gasteiger partial charge < -0.3 is 9.64 Å². The van der Waals surface area contributed by atoms with Gasteiger partial charge in [0.05, 0.1) is 6.04 Å². The number of rotatable bonds is 2. The van der Waals surface area contributed by atoms with Gasteiger partial charge >= 0.3 is 6.09 Å². The lowest BCUT2D eigenvalue weighted by atomic mass is 9.89. The molecule has 0 aromatic heterocycles. The molecule has 3 nitrogen and oxygen atoms in total. The SMILES string of the molecule is CC(C)(C)OC(=O)N1CCc2ccccc2C1Cc1ccc(Cl)cc1F. The molecule has 5 heteroatoms. The molecule has 138 valence electrons. The van der Waals surface area contributed by atoms with Crippen LogP contribution < -0.4 is 0 Å². The van der Waals surface area contributed by atoms with E-state index in [4.69, 9.17) is 16.3 Å². The molecule has 0 bridgehead atoms. The number of carbonyl (C=O) groups is 1. The van der Waals surface area contributed by atoms with Gasteiger partial charge in [0.2, 0.25) is 0 Å². The Labute approximate surface area is 158 Å². The fourth-order valence-corrected chi connectivity index (χ4v) is 3.47. The lowest BCUT2D eigenvalue weighted by molar-refractivity contribution is 0.0140. The Morgan fingerprint density at radius 1 is 1.27 bits per heavy atom. The molecule has 26 heavy (non-hydrogen) atoms.